The molecule has 0 saturated carbocycles. The minimum atomic E-state index is -4.29. The summed E-state index contributed by atoms with van der Waals surface area (Å²) in [4.78, 5) is 24.1. The number of aryl methyl sites for hydroxylation is 1. The van der Waals surface area contributed by atoms with E-state index in [1.54, 1.807) is 12.1 Å². The molecule has 0 bridgehead atoms. The van der Waals surface area contributed by atoms with Gasteiger partial charge in [-0.2, -0.15) is 16.5 Å². The largest absolute Gasteiger partial charge is 0.460 e. The molecule has 32 heavy (non-hydrogen) atoms. The maximum absolute atomic E-state index is 14.0. The molecule has 10 heteroatoms. The van der Waals surface area contributed by atoms with Gasteiger partial charge in [0, 0.05) is 17.0 Å². The number of nitrogens with one attached hydrogen (secondary N) is 1. The normalized spacial score (nSPS) is 12.6. The summed E-state index contributed by atoms with van der Waals surface area (Å²) in [6.07, 6.45) is 1.95. The number of halogens is 1. The molecule has 1 N–H and O–H groups in total. The summed E-state index contributed by atoms with van der Waals surface area (Å²) in [6.45, 7) is 1.60. The van der Waals surface area contributed by atoms with E-state index in [1.807, 2.05) is 19.2 Å². The van der Waals surface area contributed by atoms with Gasteiger partial charge < -0.3 is 9.15 Å². The fourth-order valence-electron chi connectivity index (χ4n) is 3.08. The Morgan fingerprint density at radius 1 is 1.22 bits per heavy atom. The van der Waals surface area contributed by atoms with Crippen molar-refractivity contribution in [3.8, 4) is 0 Å². The fraction of sp³-hybridized carbons (Fsp3) is 0.273. The minimum absolute atomic E-state index is 0.143. The molecule has 1 atom stereocenters. The summed E-state index contributed by atoms with van der Waals surface area (Å²) >= 11 is 1.42. The van der Waals surface area contributed by atoms with E-state index < -0.39 is 38.4 Å². The van der Waals surface area contributed by atoms with Crippen molar-refractivity contribution in [3.05, 3.63) is 75.9 Å². The fourth-order valence-corrected chi connectivity index (χ4v) is 4.85. The van der Waals surface area contributed by atoms with Gasteiger partial charge in [-0.1, -0.05) is 24.3 Å². The number of ether oxygens (including phenoxy) is 1. The lowest BCUT2D eigenvalue weighted by atomic mass is 10.1. The van der Waals surface area contributed by atoms with E-state index in [0.717, 1.165) is 17.7 Å². The highest BCUT2D eigenvalue weighted by molar-refractivity contribution is 7.98. The molecule has 170 valence electrons. The van der Waals surface area contributed by atoms with Gasteiger partial charge >= 0.3 is 11.6 Å². The van der Waals surface area contributed by atoms with Gasteiger partial charge in [0.25, 0.3) is 0 Å². The molecule has 0 aliphatic rings. The molecule has 0 unspecified atom stereocenters. The SMILES string of the molecule is CSCC[C@@H](NS(=O)(=O)c1ccccc1F)C(=O)OCc1cc(=O)oc2cc(C)ccc12. The van der Waals surface area contributed by atoms with Crippen LogP contribution in [0.4, 0.5) is 4.39 Å². The lowest BCUT2D eigenvalue weighted by Gasteiger charge is -2.18. The van der Waals surface area contributed by atoms with Gasteiger partial charge in [0.2, 0.25) is 10.0 Å². The highest BCUT2D eigenvalue weighted by Crippen LogP contribution is 2.20. The van der Waals surface area contributed by atoms with Crippen molar-refractivity contribution >= 4 is 38.7 Å². The molecule has 3 rings (SSSR count). The number of rotatable bonds is 9. The second-order valence-corrected chi connectivity index (χ2v) is 9.75. The van der Waals surface area contributed by atoms with E-state index in [-0.39, 0.29) is 13.0 Å². The Hall–Kier alpha value is -2.69. The summed E-state index contributed by atoms with van der Waals surface area (Å²) in [5, 5.41) is 0.607. The number of thioether (sulfide) groups is 1. The van der Waals surface area contributed by atoms with Crippen LogP contribution >= 0.6 is 11.8 Å². The quantitative estimate of drug-likeness (QED) is 0.371. The standard InChI is InChI=1S/C22H22FNO6S2/c1-14-7-8-16-15(12-21(25)30-19(16)11-14)13-29-22(26)18(9-10-31-2)24-32(27,28)20-6-4-3-5-17(20)23/h3-8,11-12,18,24H,9-10,13H2,1-2H3/t18-/m1/s1. The van der Waals surface area contributed by atoms with E-state index in [9.17, 15) is 22.4 Å². The molecule has 0 saturated heterocycles. The molecule has 0 amide bonds. The van der Waals surface area contributed by atoms with E-state index in [1.165, 1.54) is 30.0 Å². The molecule has 1 aromatic heterocycles. The van der Waals surface area contributed by atoms with E-state index >= 15 is 0 Å². The Balaban J connectivity index is 1.81. The third-order valence-corrected chi connectivity index (χ3v) is 6.82. The first-order chi connectivity index (χ1) is 15.2. The first kappa shape index (κ1) is 24.0. The average Bonchev–Trinajstić information content (AvgIpc) is 2.74. The summed E-state index contributed by atoms with van der Waals surface area (Å²) in [5.41, 5.74) is 1.11. The summed E-state index contributed by atoms with van der Waals surface area (Å²) < 4.78 is 52.0. The highest BCUT2D eigenvalue weighted by atomic mass is 32.2. The maximum atomic E-state index is 14.0. The van der Waals surface area contributed by atoms with Crippen molar-refractivity contribution in [3.63, 3.8) is 0 Å². The van der Waals surface area contributed by atoms with Crippen LogP contribution in [0.25, 0.3) is 11.0 Å². The zero-order valence-electron chi connectivity index (χ0n) is 17.5. The Kier molecular flexibility index (Phi) is 7.70. The third kappa shape index (κ3) is 5.76. The molecule has 7 nitrogen and oxygen atoms in total. The zero-order valence-corrected chi connectivity index (χ0v) is 19.1. The van der Waals surface area contributed by atoms with Gasteiger partial charge in [0.1, 0.15) is 28.9 Å². The molecule has 0 radical (unpaired) electrons. The smallest absolute Gasteiger partial charge is 0.336 e. The summed E-state index contributed by atoms with van der Waals surface area (Å²) in [6, 6.07) is 10.2. The topological polar surface area (TPSA) is 103 Å². The van der Waals surface area contributed by atoms with Crippen molar-refractivity contribution in [2.75, 3.05) is 12.0 Å². The predicted octanol–water partition coefficient (Wildman–Crippen LogP) is 3.38. The first-order valence-electron chi connectivity index (χ1n) is 9.67. The average molecular weight is 480 g/mol. The summed E-state index contributed by atoms with van der Waals surface area (Å²) in [5.74, 6) is -1.28. The number of fused-ring (bicyclic) bond motifs is 1. The Bertz CT molecular complexity index is 1290. The number of benzene rings is 2. The number of carbonyl (C=O) groups is 1. The van der Waals surface area contributed by atoms with Crippen LogP contribution < -0.4 is 10.3 Å². The van der Waals surface area contributed by atoms with Crippen LogP contribution in [-0.4, -0.2) is 32.4 Å². The van der Waals surface area contributed by atoms with Crippen molar-refractivity contribution in [2.45, 2.75) is 30.9 Å². The summed E-state index contributed by atoms with van der Waals surface area (Å²) in [7, 11) is -4.29. The van der Waals surface area contributed by atoms with E-state index in [0.29, 0.717) is 22.3 Å². The zero-order chi connectivity index (χ0) is 23.3. The predicted molar refractivity (Wildman–Crippen MR) is 121 cm³/mol. The third-order valence-electron chi connectivity index (χ3n) is 4.67. The second kappa shape index (κ2) is 10.3. The van der Waals surface area contributed by atoms with Crippen LogP contribution in [0.1, 0.15) is 17.5 Å². The van der Waals surface area contributed by atoms with Crippen molar-refractivity contribution in [1.29, 1.82) is 0 Å². The lowest BCUT2D eigenvalue weighted by Crippen LogP contribution is -2.42. The Morgan fingerprint density at radius 3 is 2.69 bits per heavy atom. The Morgan fingerprint density at radius 2 is 1.97 bits per heavy atom. The van der Waals surface area contributed by atoms with Gasteiger partial charge in [-0.05, 0) is 49.1 Å². The molecule has 0 aliphatic carbocycles. The number of carbonyl (C=O) groups excluding carboxylic acids is 1. The molecule has 0 spiro atoms. The number of sulfonamides is 1. The van der Waals surface area contributed by atoms with Crippen molar-refractivity contribution in [1.82, 2.24) is 4.72 Å². The lowest BCUT2D eigenvalue weighted by molar-refractivity contribution is -0.147. The van der Waals surface area contributed by atoms with Crippen LogP contribution in [0, 0.1) is 12.7 Å². The van der Waals surface area contributed by atoms with Crippen LogP contribution in [0.3, 0.4) is 0 Å². The molecule has 0 fully saturated rings. The van der Waals surface area contributed by atoms with Crippen molar-refractivity contribution < 1.29 is 26.8 Å². The molecule has 3 aromatic rings. The van der Waals surface area contributed by atoms with Crippen LogP contribution in [0.2, 0.25) is 0 Å². The first-order valence-corrected chi connectivity index (χ1v) is 12.5. The minimum Gasteiger partial charge on any atom is -0.460 e. The molecule has 2 aromatic carbocycles. The van der Waals surface area contributed by atoms with Gasteiger partial charge in [0.05, 0.1) is 0 Å². The number of hydrogen-bond donors (Lipinski definition) is 1. The number of esters is 1. The molecule has 0 aliphatic heterocycles. The highest BCUT2D eigenvalue weighted by Gasteiger charge is 2.28. The van der Waals surface area contributed by atoms with Crippen LogP contribution in [0.5, 0.6) is 0 Å². The van der Waals surface area contributed by atoms with Gasteiger partial charge in [-0.3, -0.25) is 4.79 Å². The van der Waals surface area contributed by atoms with Gasteiger partial charge in [-0.25, -0.2) is 17.6 Å². The van der Waals surface area contributed by atoms with Crippen molar-refractivity contribution in [2.24, 2.45) is 0 Å². The Labute approximate surface area is 189 Å². The van der Waals surface area contributed by atoms with Crippen LogP contribution in [-0.2, 0) is 26.2 Å². The van der Waals surface area contributed by atoms with E-state index in [4.69, 9.17) is 9.15 Å². The van der Waals surface area contributed by atoms with Gasteiger partial charge in [-0.15, -0.1) is 0 Å². The second-order valence-electron chi connectivity index (χ2n) is 7.08. The molecular weight excluding hydrogens is 457 g/mol. The van der Waals surface area contributed by atoms with Gasteiger partial charge in [0.15, 0.2) is 0 Å². The van der Waals surface area contributed by atoms with E-state index in [2.05, 4.69) is 4.72 Å². The molecule has 1 heterocycles. The number of hydrogen-bond acceptors (Lipinski definition) is 7. The maximum Gasteiger partial charge on any atom is 0.336 e. The molecular formula is C22H22FNO6S2. The monoisotopic (exact) mass is 479 g/mol. The van der Waals surface area contributed by atoms with Crippen LogP contribution in [0.15, 0.2) is 62.6 Å².